The van der Waals surface area contributed by atoms with Crippen LogP contribution in [0.5, 0.6) is 0 Å². The van der Waals surface area contributed by atoms with Gasteiger partial charge < -0.3 is 9.84 Å². The third-order valence-electron chi connectivity index (χ3n) is 4.06. The summed E-state index contributed by atoms with van der Waals surface area (Å²) < 4.78 is 18.7. The van der Waals surface area contributed by atoms with Gasteiger partial charge >= 0.3 is 0 Å². The lowest BCUT2D eigenvalue weighted by Crippen LogP contribution is -2.32. The first-order valence-electron chi connectivity index (χ1n) is 8.41. The van der Waals surface area contributed by atoms with E-state index < -0.39 is 17.8 Å². The zero-order valence-electron chi connectivity index (χ0n) is 14.9. The molecule has 0 unspecified atom stereocenters. The molecule has 26 heavy (non-hydrogen) atoms. The molecule has 1 heterocycles. The van der Waals surface area contributed by atoms with Gasteiger partial charge in [-0.2, -0.15) is 4.98 Å². The number of nitrogens with zero attached hydrogens (tertiary/aromatic N) is 2. The molecule has 0 saturated carbocycles. The van der Waals surface area contributed by atoms with Gasteiger partial charge in [0.15, 0.2) is 0 Å². The van der Waals surface area contributed by atoms with E-state index in [1.165, 1.54) is 18.2 Å². The Hall–Kier alpha value is -3.02. The van der Waals surface area contributed by atoms with Gasteiger partial charge in [-0.25, -0.2) is 4.39 Å². The topological polar surface area (TPSA) is 68.0 Å². The van der Waals surface area contributed by atoms with Crippen molar-refractivity contribution in [2.45, 2.75) is 26.8 Å². The van der Waals surface area contributed by atoms with Crippen molar-refractivity contribution < 1.29 is 13.7 Å². The van der Waals surface area contributed by atoms with Crippen molar-refractivity contribution in [3.05, 3.63) is 71.4 Å². The van der Waals surface area contributed by atoms with Crippen LogP contribution in [0.4, 0.5) is 4.39 Å². The largest absolute Gasteiger partial charge is 0.340 e. The van der Waals surface area contributed by atoms with Crippen molar-refractivity contribution in [3.63, 3.8) is 0 Å². The number of amides is 1. The van der Waals surface area contributed by atoms with Crippen molar-refractivity contribution in [2.75, 3.05) is 0 Å². The predicted octanol–water partition coefficient (Wildman–Crippen LogP) is 4.31. The van der Waals surface area contributed by atoms with Gasteiger partial charge in [0.2, 0.25) is 11.7 Å². The van der Waals surface area contributed by atoms with Crippen molar-refractivity contribution in [3.8, 4) is 11.4 Å². The molecule has 0 bridgehead atoms. The zero-order valence-corrected chi connectivity index (χ0v) is 14.9. The summed E-state index contributed by atoms with van der Waals surface area (Å²) in [5, 5.41) is 6.86. The molecule has 1 amide bonds. The molecule has 0 aliphatic heterocycles. The third kappa shape index (κ3) is 3.96. The first kappa shape index (κ1) is 17.8. The van der Waals surface area contributed by atoms with Crippen LogP contribution in [0.25, 0.3) is 11.4 Å². The van der Waals surface area contributed by atoms with Crippen LogP contribution in [-0.2, 0) is 0 Å². The molecule has 0 radical (unpaired) electrons. The molecule has 3 aromatic rings. The lowest BCUT2D eigenvalue weighted by atomic mass is 10.0. The Bertz CT molecular complexity index is 903. The predicted molar refractivity (Wildman–Crippen MR) is 95.9 cm³/mol. The Labute approximate surface area is 151 Å². The molecule has 0 aliphatic rings. The maximum Gasteiger partial charge on any atom is 0.252 e. The fourth-order valence-electron chi connectivity index (χ4n) is 2.55. The summed E-state index contributed by atoms with van der Waals surface area (Å²) in [7, 11) is 0. The number of hydrogen-bond acceptors (Lipinski definition) is 4. The van der Waals surface area contributed by atoms with Crippen LogP contribution in [-0.4, -0.2) is 16.0 Å². The zero-order chi connectivity index (χ0) is 18.7. The highest BCUT2D eigenvalue weighted by Crippen LogP contribution is 2.24. The first-order valence-corrected chi connectivity index (χ1v) is 8.41. The molecule has 5 nitrogen and oxygen atoms in total. The highest BCUT2D eigenvalue weighted by Gasteiger charge is 2.25. The van der Waals surface area contributed by atoms with Gasteiger partial charge in [0, 0.05) is 11.1 Å². The molecular formula is C20H20FN3O2. The Kier molecular flexibility index (Phi) is 5.11. The average molecular weight is 353 g/mol. The Balaban J connectivity index is 1.82. The van der Waals surface area contributed by atoms with Crippen LogP contribution in [0.1, 0.15) is 41.7 Å². The highest BCUT2D eigenvalue weighted by atomic mass is 19.1. The van der Waals surface area contributed by atoms with E-state index in [1.807, 2.05) is 45.0 Å². The Morgan fingerprint density at radius 2 is 1.88 bits per heavy atom. The summed E-state index contributed by atoms with van der Waals surface area (Å²) in [4.78, 5) is 16.9. The lowest BCUT2D eigenvalue weighted by Gasteiger charge is -2.18. The molecule has 1 atom stereocenters. The van der Waals surface area contributed by atoms with Crippen LogP contribution in [0, 0.1) is 18.7 Å². The number of hydrogen-bond donors (Lipinski definition) is 1. The number of rotatable bonds is 5. The van der Waals surface area contributed by atoms with E-state index in [4.69, 9.17) is 4.52 Å². The van der Waals surface area contributed by atoms with Crippen LogP contribution in [0.2, 0.25) is 0 Å². The molecule has 2 aromatic carbocycles. The second-order valence-corrected chi connectivity index (χ2v) is 6.53. The molecule has 0 saturated heterocycles. The standard InChI is InChI=1S/C20H20FN3O2/c1-12(2)17(22-19(25)15-5-4-6-16(21)11-15)20-23-18(24-26-20)14-9-7-13(3)8-10-14/h4-12,17H,1-3H3,(H,22,25)/t17-/m0/s1. The molecule has 0 aliphatic carbocycles. The van der Waals surface area contributed by atoms with E-state index in [0.29, 0.717) is 11.7 Å². The highest BCUT2D eigenvalue weighted by molar-refractivity contribution is 5.94. The third-order valence-corrected chi connectivity index (χ3v) is 4.06. The Morgan fingerprint density at radius 1 is 1.15 bits per heavy atom. The number of carbonyl (C=O) groups excluding carboxylic acids is 1. The summed E-state index contributed by atoms with van der Waals surface area (Å²) in [6.07, 6.45) is 0. The van der Waals surface area contributed by atoms with Crippen LogP contribution in [0.3, 0.4) is 0 Å². The normalized spacial score (nSPS) is 12.2. The Morgan fingerprint density at radius 3 is 2.54 bits per heavy atom. The van der Waals surface area contributed by atoms with Crippen LogP contribution < -0.4 is 5.32 Å². The number of aromatic nitrogens is 2. The number of nitrogens with one attached hydrogen (secondary N) is 1. The fourth-order valence-corrected chi connectivity index (χ4v) is 2.55. The maximum absolute atomic E-state index is 13.3. The monoisotopic (exact) mass is 353 g/mol. The summed E-state index contributed by atoms with van der Waals surface area (Å²) in [5.74, 6) is -0.0544. The van der Waals surface area contributed by atoms with E-state index in [0.717, 1.165) is 11.1 Å². The van der Waals surface area contributed by atoms with Gasteiger partial charge in [-0.3, -0.25) is 4.79 Å². The second kappa shape index (κ2) is 7.47. The van der Waals surface area contributed by atoms with Crippen molar-refractivity contribution >= 4 is 5.91 Å². The average Bonchev–Trinajstić information content (AvgIpc) is 3.09. The number of carbonyl (C=O) groups is 1. The van der Waals surface area contributed by atoms with Crippen molar-refractivity contribution in [1.82, 2.24) is 15.5 Å². The summed E-state index contributed by atoms with van der Waals surface area (Å²) >= 11 is 0. The minimum Gasteiger partial charge on any atom is -0.340 e. The molecule has 1 aromatic heterocycles. The van der Waals surface area contributed by atoms with Crippen molar-refractivity contribution in [1.29, 1.82) is 0 Å². The summed E-state index contributed by atoms with van der Waals surface area (Å²) in [6, 6.07) is 12.8. The van der Waals surface area contributed by atoms with Gasteiger partial charge in [0.05, 0.1) is 0 Å². The summed E-state index contributed by atoms with van der Waals surface area (Å²) in [6.45, 7) is 5.88. The molecule has 6 heteroatoms. The second-order valence-electron chi connectivity index (χ2n) is 6.53. The van der Waals surface area contributed by atoms with Crippen molar-refractivity contribution in [2.24, 2.45) is 5.92 Å². The fraction of sp³-hybridized carbons (Fsp3) is 0.250. The molecule has 134 valence electrons. The minimum atomic E-state index is -0.475. The molecule has 3 rings (SSSR count). The van der Waals surface area contributed by atoms with Gasteiger partial charge in [0.1, 0.15) is 11.9 Å². The minimum absolute atomic E-state index is 0.0128. The van der Waals surface area contributed by atoms with Gasteiger partial charge in [0.25, 0.3) is 5.91 Å². The molecular weight excluding hydrogens is 333 g/mol. The number of aryl methyl sites for hydroxylation is 1. The molecule has 0 spiro atoms. The van der Waals surface area contributed by atoms with E-state index in [-0.39, 0.29) is 11.5 Å². The van der Waals surface area contributed by atoms with E-state index in [1.54, 1.807) is 6.07 Å². The molecule has 1 N–H and O–H groups in total. The van der Waals surface area contributed by atoms with E-state index >= 15 is 0 Å². The van der Waals surface area contributed by atoms with Gasteiger partial charge in [-0.1, -0.05) is 54.9 Å². The molecule has 0 fully saturated rings. The van der Waals surface area contributed by atoms with Gasteiger partial charge in [-0.15, -0.1) is 0 Å². The van der Waals surface area contributed by atoms with Crippen LogP contribution in [0.15, 0.2) is 53.1 Å². The first-order chi connectivity index (χ1) is 12.4. The summed E-state index contributed by atoms with van der Waals surface area (Å²) in [5.41, 5.74) is 2.22. The lowest BCUT2D eigenvalue weighted by molar-refractivity contribution is 0.0913. The van der Waals surface area contributed by atoms with Gasteiger partial charge in [-0.05, 0) is 31.0 Å². The number of halogens is 1. The SMILES string of the molecule is Cc1ccc(-c2noc([C@@H](NC(=O)c3cccc(F)c3)C(C)C)n2)cc1. The van der Waals surface area contributed by atoms with E-state index in [9.17, 15) is 9.18 Å². The quantitative estimate of drug-likeness (QED) is 0.742. The number of benzene rings is 2. The smallest absolute Gasteiger partial charge is 0.252 e. The van der Waals surface area contributed by atoms with Crippen LogP contribution >= 0.6 is 0 Å². The maximum atomic E-state index is 13.3. The van der Waals surface area contributed by atoms with E-state index in [2.05, 4.69) is 15.5 Å².